The zero-order chi connectivity index (χ0) is 37.1. The molecule has 0 heterocycles. The number of allylic oxidation sites excluding steroid dienone is 4. The van der Waals surface area contributed by atoms with E-state index < -0.39 is 18.1 Å². The number of ether oxygens (including phenoxy) is 3. The van der Waals surface area contributed by atoms with Crippen LogP contribution in [0.2, 0.25) is 0 Å². The van der Waals surface area contributed by atoms with E-state index in [0.717, 1.165) is 51.4 Å². The molecule has 0 bridgehead atoms. The van der Waals surface area contributed by atoms with Gasteiger partial charge >= 0.3 is 17.9 Å². The fourth-order valence-corrected chi connectivity index (χ4v) is 5.83. The monoisotopic (exact) mass is 709 g/mol. The Morgan fingerprint density at radius 1 is 0.580 bits per heavy atom. The van der Waals surface area contributed by atoms with Crippen molar-refractivity contribution < 1.29 is 38.2 Å². The summed E-state index contributed by atoms with van der Waals surface area (Å²) in [6.07, 6.45) is 35.0. The number of nitrogens with zero attached hydrogens (tertiary/aromatic N) is 1. The van der Waals surface area contributed by atoms with Gasteiger partial charge < -0.3 is 23.8 Å². The summed E-state index contributed by atoms with van der Waals surface area (Å²) in [5.74, 6) is -1.48. The van der Waals surface area contributed by atoms with Gasteiger partial charge in [-0.1, -0.05) is 122 Å². The van der Waals surface area contributed by atoms with Crippen LogP contribution in [0.15, 0.2) is 24.3 Å². The lowest BCUT2D eigenvalue weighted by atomic mass is 10.1. The summed E-state index contributed by atoms with van der Waals surface area (Å²) in [5.41, 5.74) is 0. The van der Waals surface area contributed by atoms with Crippen LogP contribution >= 0.6 is 0 Å². The van der Waals surface area contributed by atoms with E-state index in [2.05, 4.69) is 38.2 Å². The highest BCUT2D eigenvalue weighted by Crippen LogP contribution is 2.14. The Morgan fingerprint density at radius 2 is 1.02 bits per heavy atom. The molecule has 0 rings (SSSR count). The first-order valence-electron chi connectivity index (χ1n) is 20.4. The summed E-state index contributed by atoms with van der Waals surface area (Å²) in [6.45, 7) is 4.67. The van der Waals surface area contributed by atoms with Gasteiger partial charge in [-0.05, 0) is 57.8 Å². The topological polar surface area (TPSA) is 99.1 Å². The summed E-state index contributed by atoms with van der Waals surface area (Å²) < 4.78 is 17.2. The van der Waals surface area contributed by atoms with Crippen LogP contribution < -0.4 is 0 Å². The molecular weight excluding hydrogens is 630 g/mol. The van der Waals surface area contributed by atoms with E-state index in [9.17, 15) is 19.5 Å². The third kappa shape index (κ3) is 31.8. The number of likely N-dealkylation sites (N-methyl/N-ethyl adjacent to an activating group) is 1. The lowest BCUT2D eigenvalue weighted by molar-refractivity contribution is -0.887. The first kappa shape index (κ1) is 47.8. The van der Waals surface area contributed by atoms with E-state index in [1.54, 1.807) is 0 Å². The predicted molar refractivity (Wildman–Crippen MR) is 206 cm³/mol. The number of quaternary nitrogens is 1. The molecule has 1 N–H and O–H groups in total. The van der Waals surface area contributed by atoms with E-state index >= 15 is 0 Å². The number of carboxylic acid groups (broad SMARTS) is 1. The number of esters is 2. The quantitative estimate of drug-likeness (QED) is 0.0299. The van der Waals surface area contributed by atoms with Crippen LogP contribution in [0.3, 0.4) is 0 Å². The molecule has 0 aliphatic heterocycles. The Hall–Kier alpha value is -2.19. The SMILES string of the molecule is CCCC/C=C/CCCCCCCC(=O)OCC(COCCC(C(=O)O)[N+](C)(C)C)OC(=O)CCCCCCCCC/C=C/CCCCCC. The number of aliphatic carboxylic acids is 1. The summed E-state index contributed by atoms with van der Waals surface area (Å²) in [6, 6.07) is -0.613. The van der Waals surface area contributed by atoms with Crippen LogP contribution in [-0.4, -0.2) is 80.6 Å². The molecule has 0 aromatic carbocycles. The fourth-order valence-electron chi connectivity index (χ4n) is 5.83. The van der Waals surface area contributed by atoms with E-state index in [1.165, 1.54) is 89.9 Å². The van der Waals surface area contributed by atoms with Crippen molar-refractivity contribution in [1.29, 1.82) is 0 Å². The first-order valence-corrected chi connectivity index (χ1v) is 20.4. The molecule has 0 aromatic rings. The minimum atomic E-state index is -0.877. The second-order valence-corrected chi connectivity index (χ2v) is 14.9. The maximum atomic E-state index is 12.7. The molecule has 0 saturated carbocycles. The van der Waals surface area contributed by atoms with Crippen molar-refractivity contribution in [2.24, 2.45) is 0 Å². The molecule has 292 valence electrons. The normalized spacial score (nSPS) is 13.2. The average Bonchev–Trinajstić information content (AvgIpc) is 3.06. The van der Waals surface area contributed by atoms with Crippen molar-refractivity contribution in [2.75, 3.05) is 41.0 Å². The highest BCUT2D eigenvalue weighted by molar-refractivity contribution is 5.72. The van der Waals surface area contributed by atoms with E-state index in [4.69, 9.17) is 14.2 Å². The summed E-state index contributed by atoms with van der Waals surface area (Å²) >= 11 is 0. The van der Waals surface area contributed by atoms with Gasteiger partial charge in [0.15, 0.2) is 12.1 Å². The molecule has 0 saturated heterocycles. The molecule has 0 radical (unpaired) electrons. The molecule has 8 nitrogen and oxygen atoms in total. The molecule has 8 heteroatoms. The lowest BCUT2D eigenvalue weighted by Gasteiger charge is -2.31. The van der Waals surface area contributed by atoms with Gasteiger partial charge in [-0.3, -0.25) is 9.59 Å². The second kappa shape index (κ2) is 33.9. The Morgan fingerprint density at radius 3 is 1.50 bits per heavy atom. The molecule has 0 aliphatic rings. The summed E-state index contributed by atoms with van der Waals surface area (Å²) in [5, 5.41) is 9.59. The van der Waals surface area contributed by atoms with Crippen LogP contribution in [-0.2, 0) is 28.6 Å². The van der Waals surface area contributed by atoms with Crippen LogP contribution in [0, 0.1) is 0 Å². The Balaban J connectivity index is 4.39. The number of carbonyl (C=O) groups excluding carboxylic acids is 2. The lowest BCUT2D eigenvalue weighted by Crippen LogP contribution is -2.50. The number of hydrogen-bond donors (Lipinski definition) is 1. The Bertz CT molecular complexity index is 880. The van der Waals surface area contributed by atoms with Crippen LogP contribution in [0.4, 0.5) is 0 Å². The highest BCUT2D eigenvalue weighted by atomic mass is 16.6. The van der Waals surface area contributed by atoms with E-state index in [-0.39, 0.29) is 36.2 Å². The minimum Gasteiger partial charge on any atom is -0.477 e. The van der Waals surface area contributed by atoms with Gasteiger partial charge in [0.05, 0.1) is 34.4 Å². The third-order valence-corrected chi connectivity index (χ3v) is 9.07. The van der Waals surface area contributed by atoms with Crippen molar-refractivity contribution in [3.8, 4) is 0 Å². The maximum Gasteiger partial charge on any atom is 0.362 e. The van der Waals surface area contributed by atoms with Crippen molar-refractivity contribution in [1.82, 2.24) is 0 Å². The van der Waals surface area contributed by atoms with Crippen molar-refractivity contribution >= 4 is 17.9 Å². The molecule has 0 spiro atoms. The van der Waals surface area contributed by atoms with Crippen molar-refractivity contribution in [3.05, 3.63) is 24.3 Å². The summed E-state index contributed by atoms with van der Waals surface area (Å²) in [7, 11) is 5.52. The molecule has 50 heavy (non-hydrogen) atoms. The van der Waals surface area contributed by atoms with Crippen molar-refractivity contribution in [3.63, 3.8) is 0 Å². The Kier molecular flexibility index (Phi) is 32.4. The van der Waals surface area contributed by atoms with Gasteiger partial charge in [0.25, 0.3) is 0 Å². The van der Waals surface area contributed by atoms with Gasteiger partial charge in [0, 0.05) is 19.3 Å². The number of rotatable bonds is 36. The Labute approximate surface area is 307 Å². The highest BCUT2D eigenvalue weighted by Gasteiger charge is 2.31. The second-order valence-electron chi connectivity index (χ2n) is 14.9. The van der Waals surface area contributed by atoms with Crippen molar-refractivity contribution in [2.45, 2.75) is 187 Å². The number of hydrogen-bond acceptors (Lipinski definition) is 6. The molecule has 0 fully saturated rings. The minimum absolute atomic E-state index is 0.0549. The largest absolute Gasteiger partial charge is 0.477 e. The fraction of sp³-hybridized carbons (Fsp3) is 0.833. The van der Waals surface area contributed by atoms with E-state index in [1.807, 2.05) is 21.1 Å². The van der Waals surface area contributed by atoms with E-state index in [0.29, 0.717) is 19.3 Å². The molecule has 0 aliphatic carbocycles. The zero-order valence-electron chi connectivity index (χ0n) is 33.1. The van der Waals surface area contributed by atoms with Gasteiger partial charge in [-0.25, -0.2) is 4.79 Å². The first-order chi connectivity index (χ1) is 24.1. The van der Waals surface area contributed by atoms with Gasteiger partial charge in [-0.15, -0.1) is 0 Å². The third-order valence-electron chi connectivity index (χ3n) is 9.07. The maximum absolute atomic E-state index is 12.7. The smallest absolute Gasteiger partial charge is 0.362 e. The van der Waals surface area contributed by atoms with Crippen LogP contribution in [0.5, 0.6) is 0 Å². The van der Waals surface area contributed by atoms with Crippen LogP contribution in [0.25, 0.3) is 0 Å². The number of unbranched alkanes of at least 4 members (excludes halogenated alkanes) is 18. The number of carbonyl (C=O) groups is 3. The standard InChI is InChI=1S/C42H77NO7/c1-6-8-10-12-14-16-18-19-20-21-23-25-27-29-31-33-41(45)50-38(36-48-35-34-39(42(46)47)43(3,4)5)37-49-40(44)32-30-28-26-24-22-17-15-13-11-9-7-2/h13,15-16,18,38-39H,6-12,14,17,19-37H2,1-5H3/p+1/b15-13+,18-16+. The molecule has 0 amide bonds. The molecule has 2 atom stereocenters. The molecular formula is C42H78NO7+. The molecule has 0 aromatic heterocycles. The molecule has 2 unspecified atom stereocenters. The van der Waals surface area contributed by atoms with Gasteiger partial charge in [0.2, 0.25) is 0 Å². The average molecular weight is 709 g/mol. The summed E-state index contributed by atoms with van der Waals surface area (Å²) in [4.78, 5) is 36.8. The predicted octanol–water partition coefficient (Wildman–Crippen LogP) is 10.5. The van der Waals surface area contributed by atoms with Crippen LogP contribution in [0.1, 0.15) is 174 Å². The van der Waals surface area contributed by atoms with Gasteiger partial charge in [0.1, 0.15) is 6.61 Å². The van der Waals surface area contributed by atoms with Gasteiger partial charge in [-0.2, -0.15) is 0 Å². The number of carboxylic acids is 1. The zero-order valence-corrected chi connectivity index (χ0v) is 33.1.